The van der Waals surface area contributed by atoms with Crippen LogP contribution in [0.25, 0.3) is 11.5 Å². The van der Waals surface area contributed by atoms with E-state index in [0.29, 0.717) is 18.2 Å². The topological polar surface area (TPSA) is 80.5 Å². The summed E-state index contributed by atoms with van der Waals surface area (Å²) in [5.74, 6) is 0.771. The van der Waals surface area contributed by atoms with Gasteiger partial charge in [0.25, 0.3) is 0 Å². The number of fused-ring (bicyclic) bond motifs is 1. The van der Waals surface area contributed by atoms with Crippen molar-refractivity contribution in [2.45, 2.75) is 6.54 Å². The van der Waals surface area contributed by atoms with Crippen LogP contribution in [0, 0.1) is 0 Å². The highest BCUT2D eigenvalue weighted by atomic mass is 16.5. The molecule has 0 amide bonds. The molecule has 124 valence electrons. The Morgan fingerprint density at radius 2 is 2.08 bits per heavy atom. The van der Waals surface area contributed by atoms with E-state index in [1.165, 1.54) is 7.11 Å². The van der Waals surface area contributed by atoms with Crippen LogP contribution in [0.5, 0.6) is 5.75 Å². The molecule has 0 atom stereocenters. The Labute approximate surface area is 139 Å². The molecule has 2 heterocycles. The zero-order valence-electron chi connectivity index (χ0n) is 13.7. The van der Waals surface area contributed by atoms with Gasteiger partial charge in [0.05, 0.1) is 7.11 Å². The van der Waals surface area contributed by atoms with Gasteiger partial charge in [-0.3, -0.25) is 0 Å². The van der Waals surface area contributed by atoms with Crippen LogP contribution in [-0.2, 0) is 6.54 Å². The Morgan fingerprint density at radius 1 is 1.29 bits per heavy atom. The first-order valence-corrected chi connectivity index (χ1v) is 7.40. The van der Waals surface area contributed by atoms with Crippen LogP contribution in [0.1, 0.15) is 15.9 Å². The Morgan fingerprint density at radius 3 is 2.75 bits per heavy atom. The zero-order valence-corrected chi connectivity index (χ0v) is 13.7. The molecule has 2 aliphatic rings. The predicted octanol–water partition coefficient (Wildman–Crippen LogP) is 2.20. The molecule has 0 saturated heterocycles. The summed E-state index contributed by atoms with van der Waals surface area (Å²) in [6.45, 7) is 0.541. The van der Waals surface area contributed by atoms with Crippen LogP contribution >= 0.6 is 0 Å². The van der Waals surface area contributed by atoms with Crippen molar-refractivity contribution in [1.29, 1.82) is 0 Å². The van der Waals surface area contributed by atoms with Crippen molar-refractivity contribution >= 4 is 11.9 Å². The van der Waals surface area contributed by atoms with Gasteiger partial charge in [0.2, 0.25) is 5.95 Å². The van der Waals surface area contributed by atoms with Gasteiger partial charge in [-0.2, -0.15) is 4.98 Å². The highest BCUT2D eigenvalue weighted by Crippen LogP contribution is 2.25. The molecule has 7 nitrogen and oxygen atoms in total. The Kier molecular flexibility index (Phi) is 4.07. The Balaban J connectivity index is 1.97. The molecule has 2 aliphatic heterocycles. The third-order valence-corrected chi connectivity index (χ3v) is 3.70. The number of carbonyl (C=O) groups is 1. The molecular weight excluding hydrogens is 308 g/mol. The summed E-state index contributed by atoms with van der Waals surface area (Å²) in [5.41, 5.74) is 1.88. The molecule has 1 N–H and O–H groups in total. The molecule has 0 radical (unpaired) electrons. The molecule has 1 aromatic rings. The van der Waals surface area contributed by atoms with E-state index in [0.717, 1.165) is 17.1 Å². The second-order valence-electron chi connectivity index (χ2n) is 5.60. The maximum absolute atomic E-state index is 11.2. The summed E-state index contributed by atoms with van der Waals surface area (Å²) in [6.07, 6.45) is 1.92. The summed E-state index contributed by atoms with van der Waals surface area (Å²) in [7, 11) is 5.26. The van der Waals surface area contributed by atoms with Gasteiger partial charge in [-0.1, -0.05) is 6.07 Å². The van der Waals surface area contributed by atoms with Crippen LogP contribution in [0.3, 0.4) is 0 Å². The maximum Gasteiger partial charge on any atom is 0.339 e. The third-order valence-electron chi connectivity index (χ3n) is 3.70. The smallest absolute Gasteiger partial charge is 0.339 e. The van der Waals surface area contributed by atoms with Gasteiger partial charge in [-0.05, 0) is 29.8 Å². The standard InChI is InChI=1S/C17H18N4O3/c1-20(2)17-18-13-5-4-8-21(15(13)19-17)10-11-6-7-12(16(22)23)14(9-11)24-3/h4-9H,10H2,1-3H3,(H,22,23). The normalized spacial score (nSPS) is 10.8. The van der Waals surface area contributed by atoms with Gasteiger partial charge < -0.3 is 19.3 Å². The van der Waals surface area contributed by atoms with Gasteiger partial charge in [0.15, 0.2) is 5.82 Å². The minimum atomic E-state index is -1.01. The van der Waals surface area contributed by atoms with Crippen LogP contribution < -0.4 is 9.64 Å². The van der Waals surface area contributed by atoms with Crippen molar-refractivity contribution in [3.05, 3.63) is 47.7 Å². The van der Waals surface area contributed by atoms with Crippen molar-refractivity contribution in [3.63, 3.8) is 0 Å². The van der Waals surface area contributed by atoms with E-state index < -0.39 is 5.97 Å². The van der Waals surface area contributed by atoms with Crippen molar-refractivity contribution in [2.24, 2.45) is 0 Å². The lowest BCUT2D eigenvalue weighted by molar-refractivity contribution is 0.0693. The van der Waals surface area contributed by atoms with E-state index >= 15 is 0 Å². The van der Waals surface area contributed by atoms with Gasteiger partial charge >= 0.3 is 5.97 Å². The molecule has 0 fully saturated rings. The van der Waals surface area contributed by atoms with Crippen molar-refractivity contribution in [2.75, 3.05) is 26.1 Å². The second kappa shape index (κ2) is 6.19. The summed E-state index contributed by atoms with van der Waals surface area (Å²) < 4.78 is 7.16. The van der Waals surface area contributed by atoms with E-state index in [4.69, 9.17) is 9.84 Å². The van der Waals surface area contributed by atoms with E-state index in [1.807, 2.05) is 41.9 Å². The van der Waals surface area contributed by atoms with E-state index in [-0.39, 0.29) is 5.56 Å². The van der Waals surface area contributed by atoms with E-state index in [1.54, 1.807) is 18.2 Å². The number of rotatable bonds is 5. The molecule has 0 bridgehead atoms. The first-order valence-electron chi connectivity index (χ1n) is 7.40. The molecule has 0 unspecified atom stereocenters. The number of hydrogen-bond donors (Lipinski definition) is 1. The molecule has 7 heteroatoms. The fourth-order valence-electron chi connectivity index (χ4n) is 2.50. The van der Waals surface area contributed by atoms with Crippen molar-refractivity contribution in [3.8, 4) is 17.3 Å². The average Bonchev–Trinajstić information content (AvgIpc) is 3.00. The summed E-state index contributed by atoms with van der Waals surface area (Å²) in [5, 5.41) is 9.17. The molecule has 1 aromatic carbocycles. The van der Waals surface area contributed by atoms with E-state index in [2.05, 4.69) is 9.97 Å². The fourth-order valence-corrected chi connectivity index (χ4v) is 2.50. The molecular formula is C17H18N4O3. The van der Waals surface area contributed by atoms with Crippen LogP contribution in [0.4, 0.5) is 5.95 Å². The van der Waals surface area contributed by atoms with Gasteiger partial charge in [0, 0.05) is 26.8 Å². The SMILES string of the molecule is COc1cc(Cn2cccc3nc(N(C)C)nc2-3)ccc1C(=O)O. The number of ether oxygens (including phenoxy) is 1. The highest BCUT2D eigenvalue weighted by molar-refractivity contribution is 5.91. The number of hydrogen-bond acceptors (Lipinski definition) is 5. The first-order chi connectivity index (χ1) is 11.5. The van der Waals surface area contributed by atoms with Crippen LogP contribution in [-0.4, -0.2) is 46.8 Å². The molecule has 0 spiro atoms. The predicted molar refractivity (Wildman–Crippen MR) is 90.0 cm³/mol. The molecule has 24 heavy (non-hydrogen) atoms. The summed E-state index contributed by atoms with van der Waals surface area (Å²) in [6, 6.07) is 8.90. The van der Waals surface area contributed by atoms with Crippen molar-refractivity contribution < 1.29 is 14.6 Å². The lowest BCUT2D eigenvalue weighted by Gasteiger charge is -2.12. The number of carboxylic acid groups (broad SMARTS) is 1. The number of aromatic carboxylic acids is 1. The lowest BCUT2D eigenvalue weighted by Crippen LogP contribution is -2.10. The molecule has 3 rings (SSSR count). The van der Waals surface area contributed by atoms with Crippen molar-refractivity contribution in [1.82, 2.24) is 14.5 Å². The lowest BCUT2D eigenvalue weighted by atomic mass is 10.1. The number of anilines is 1. The quantitative estimate of drug-likeness (QED) is 0.774. The number of aromatic nitrogens is 3. The number of methoxy groups -OCH3 is 1. The van der Waals surface area contributed by atoms with Gasteiger partial charge in [0.1, 0.15) is 17.0 Å². The highest BCUT2D eigenvalue weighted by Gasteiger charge is 2.16. The van der Waals surface area contributed by atoms with Gasteiger partial charge in [-0.25, -0.2) is 9.78 Å². The van der Waals surface area contributed by atoms with Gasteiger partial charge in [-0.15, -0.1) is 0 Å². The minimum Gasteiger partial charge on any atom is -0.496 e. The number of nitrogens with zero attached hydrogens (tertiary/aromatic N) is 4. The number of carboxylic acids is 1. The third kappa shape index (κ3) is 2.88. The second-order valence-corrected chi connectivity index (χ2v) is 5.60. The summed E-state index contributed by atoms with van der Waals surface area (Å²) >= 11 is 0. The van der Waals surface area contributed by atoms with Crippen LogP contribution in [0.2, 0.25) is 0 Å². The monoisotopic (exact) mass is 326 g/mol. The largest absolute Gasteiger partial charge is 0.496 e. The van der Waals surface area contributed by atoms with Crippen LogP contribution in [0.15, 0.2) is 36.5 Å². The zero-order chi connectivity index (χ0) is 17.3. The average molecular weight is 326 g/mol. The van der Waals surface area contributed by atoms with E-state index in [9.17, 15) is 4.79 Å². The number of imidazole rings is 1. The molecule has 0 aliphatic carbocycles. The number of benzene rings is 1. The Bertz CT molecular complexity index is 857. The minimum absolute atomic E-state index is 0.146. The molecule has 0 aromatic heterocycles. The number of pyridine rings is 1. The Hall–Kier alpha value is -3.09. The maximum atomic E-state index is 11.2. The first kappa shape index (κ1) is 15.8. The fraction of sp³-hybridized carbons (Fsp3) is 0.235. The molecule has 0 saturated carbocycles. The summed E-state index contributed by atoms with van der Waals surface area (Å²) in [4.78, 5) is 22.1.